The third-order valence-electron chi connectivity index (χ3n) is 4.57. The minimum atomic E-state index is -4.80. The fraction of sp³-hybridized carbons (Fsp3) is 0.368. The van der Waals surface area contributed by atoms with E-state index in [2.05, 4.69) is 5.32 Å². The predicted octanol–water partition coefficient (Wildman–Crippen LogP) is 2.25. The van der Waals surface area contributed by atoms with Gasteiger partial charge in [0.1, 0.15) is 0 Å². The topological polar surface area (TPSA) is 128 Å². The summed E-state index contributed by atoms with van der Waals surface area (Å²) in [4.78, 5) is 34.6. The first-order valence-electron chi connectivity index (χ1n) is 8.81. The van der Waals surface area contributed by atoms with E-state index < -0.39 is 52.9 Å². The molecule has 0 fully saturated rings. The van der Waals surface area contributed by atoms with Gasteiger partial charge in [-0.05, 0) is 25.5 Å². The van der Waals surface area contributed by atoms with Gasteiger partial charge in [-0.3, -0.25) is 10.1 Å². The maximum absolute atomic E-state index is 13.7. The maximum atomic E-state index is 13.7. The van der Waals surface area contributed by atoms with Gasteiger partial charge in [-0.15, -0.1) is 0 Å². The Labute approximate surface area is 174 Å². The highest BCUT2D eigenvalue weighted by Crippen LogP contribution is 2.44. The second-order valence-electron chi connectivity index (χ2n) is 6.58. The molecule has 9 nitrogen and oxygen atoms in total. The Balaban J connectivity index is 2.66. The van der Waals surface area contributed by atoms with Crippen molar-refractivity contribution in [1.29, 1.82) is 0 Å². The van der Waals surface area contributed by atoms with Crippen LogP contribution >= 0.6 is 0 Å². The van der Waals surface area contributed by atoms with E-state index in [9.17, 15) is 38.0 Å². The summed E-state index contributed by atoms with van der Waals surface area (Å²) in [5, 5.41) is 22.5. The minimum absolute atomic E-state index is 0.0766. The molecular formula is C19H19F3N2O7. The summed E-state index contributed by atoms with van der Waals surface area (Å²) < 4.78 is 50.5. The number of ether oxygens (including phenoxy) is 2. The summed E-state index contributed by atoms with van der Waals surface area (Å²) in [7, 11) is 1.03. The molecule has 2 unspecified atom stereocenters. The zero-order chi connectivity index (χ0) is 23.5. The van der Waals surface area contributed by atoms with Crippen LogP contribution in [0.1, 0.15) is 30.9 Å². The smallest absolute Gasteiger partial charge is 0.416 e. The summed E-state index contributed by atoms with van der Waals surface area (Å²) in [6, 6.07) is 4.38. The van der Waals surface area contributed by atoms with Gasteiger partial charge < -0.3 is 19.9 Å². The molecule has 0 amide bonds. The van der Waals surface area contributed by atoms with E-state index in [1.807, 2.05) is 0 Å². The average Bonchev–Trinajstić information content (AvgIpc) is 2.69. The van der Waals surface area contributed by atoms with Gasteiger partial charge in [-0.1, -0.05) is 18.2 Å². The summed E-state index contributed by atoms with van der Waals surface area (Å²) in [5.41, 5.74) is -1.89. The van der Waals surface area contributed by atoms with Gasteiger partial charge in [0.25, 0.3) is 0 Å². The number of nitro groups is 1. The third-order valence-corrected chi connectivity index (χ3v) is 4.57. The van der Waals surface area contributed by atoms with Crippen LogP contribution in [0.4, 0.5) is 13.2 Å². The van der Waals surface area contributed by atoms with Crippen LogP contribution in [-0.2, 0) is 25.2 Å². The maximum Gasteiger partial charge on any atom is 0.416 e. The zero-order valence-electron chi connectivity index (χ0n) is 16.6. The van der Waals surface area contributed by atoms with Crippen LogP contribution in [0.5, 0.6) is 0 Å². The van der Waals surface area contributed by atoms with Crippen molar-refractivity contribution in [3.63, 3.8) is 0 Å². The minimum Gasteiger partial charge on any atom is -0.466 e. The molecule has 2 rings (SSSR count). The fourth-order valence-electron chi connectivity index (χ4n) is 3.25. The largest absolute Gasteiger partial charge is 0.466 e. The van der Waals surface area contributed by atoms with Crippen LogP contribution in [0.15, 0.2) is 46.8 Å². The number of dihydropyridines is 1. The zero-order valence-corrected chi connectivity index (χ0v) is 16.6. The van der Waals surface area contributed by atoms with Crippen molar-refractivity contribution < 1.29 is 42.3 Å². The van der Waals surface area contributed by atoms with Gasteiger partial charge in [0.05, 0.1) is 34.7 Å². The van der Waals surface area contributed by atoms with Crippen molar-refractivity contribution in [2.24, 2.45) is 0 Å². The Kier molecular flexibility index (Phi) is 7.05. The summed E-state index contributed by atoms with van der Waals surface area (Å²) in [6.45, 7) is 1.77. The van der Waals surface area contributed by atoms with E-state index in [0.717, 1.165) is 25.3 Å². The number of rotatable bonds is 6. The Morgan fingerprint density at radius 3 is 2.26 bits per heavy atom. The fourth-order valence-corrected chi connectivity index (χ4v) is 3.25. The molecule has 0 radical (unpaired) electrons. The molecule has 12 heteroatoms. The molecule has 0 aliphatic carbocycles. The van der Waals surface area contributed by atoms with E-state index in [4.69, 9.17) is 9.47 Å². The summed E-state index contributed by atoms with van der Waals surface area (Å²) >= 11 is 0. The second kappa shape index (κ2) is 9.16. The Hall–Kier alpha value is -3.41. The average molecular weight is 444 g/mol. The van der Waals surface area contributed by atoms with Crippen molar-refractivity contribution in [1.82, 2.24) is 5.32 Å². The Bertz CT molecular complexity index is 969. The number of aliphatic hydroxyl groups is 1. The van der Waals surface area contributed by atoms with E-state index in [1.54, 1.807) is 0 Å². The molecule has 1 aromatic carbocycles. The molecule has 0 saturated heterocycles. The van der Waals surface area contributed by atoms with Crippen molar-refractivity contribution in [2.75, 3.05) is 13.7 Å². The molecule has 1 heterocycles. The number of carbonyl (C=O) groups excluding carboxylic acids is 2. The molecule has 168 valence electrons. The van der Waals surface area contributed by atoms with Gasteiger partial charge in [-0.25, -0.2) is 9.59 Å². The van der Waals surface area contributed by atoms with E-state index in [-0.39, 0.29) is 22.5 Å². The van der Waals surface area contributed by atoms with Crippen LogP contribution in [0.2, 0.25) is 0 Å². The number of methoxy groups -OCH3 is 1. The molecule has 31 heavy (non-hydrogen) atoms. The van der Waals surface area contributed by atoms with Crippen LogP contribution in [0.25, 0.3) is 0 Å². The van der Waals surface area contributed by atoms with E-state index in [0.29, 0.717) is 0 Å². The number of esters is 2. The van der Waals surface area contributed by atoms with Crippen LogP contribution < -0.4 is 5.32 Å². The van der Waals surface area contributed by atoms with Crippen molar-refractivity contribution in [3.8, 4) is 0 Å². The molecule has 0 saturated carbocycles. The van der Waals surface area contributed by atoms with Crippen LogP contribution in [0, 0.1) is 10.1 Å². The molecule has 1 aliphatic heterocycles. The molecule has 2 N–H and O–H groups in total. The molecule has 0 spiro atoms. The third kappa shape index (κ3) is 5.02. The second-order valence-corrected chi connectivity index (χ2v) is 6.58. The molecule has 2 atom stereocenters. The van der Waals surface area contributed by atoms with E-state index >= 15 is 0 Å². The van der Waals surface area contributed by atoms with Crippen molar-refractivity contribution in [2.45, 2.75) is 32.2 Å². The molecule has 1 aromatic rings. The SMILES string of the molecule is COC(=O)C1=C(C)NC(C)=C(C(=O)OCC(O)[N+](=O)[O-])C1c1ccccc1C(F)(F)F. The number of hydrogen-bond donors (Lipinski definition) is 2. The van der Waals surface area contributed by atoms with Gasteiger partial charge in [0, 0.05) is 11.4 Å². The lowest BCUT2D eigenvalue weighted by molar-refractivity contribution is -0.572. The lowest BCUT2D eigenvalue weighted by atomic mass is 9.78. The van der Waals surface area contributed by atoms with Crippen molar-refractivity contribution in [3.05, 3.63) is 68.0 Å². The quantitative estimate of drug-likeness (QED) is 0.296. The molecule has 1 aliphatic rings. The normalized spacial score (nSPS) is 17.7. The Morgan fingerprint density at radius 2 is 1.74 bits per heavy atom. The van der Waals surface area contributed by atoms with Gasteiger partial charge in [0.15, 0.2) is 6.61 Å². The van der Waals surface area contributed by atoms with Crippen LogP contribution in [-0.4, -0.2) is 41.9 Å². The van der Waals surface area contributed by atoms with Gasteiger partial charge in [-0.2, -0.15) is 13.2 Å². The number of alkyl halides is 3. The van der Waals surface area contributed by atoms with Gasteiger partial charge in [0.2, 0.25) is 0 Å². The number of nitrogens with zero attached hydrogens (tertiary/aromatic N) is 1. The highest BCUT2D eigenvalue weighted by atomic mass is 19.4. The predicted molar refractivity (Wildman–Crippen MR) is 98.7 cm³/mol. The number of benzene rings is 1. The number of halogens is 3. The Morgan fingerprint density at radius 1 is 1.19 bits per heavy atom. The molecule has 0 bridgehead atoms. The lowest BCUT2D eigenvalue weighted by Crippen LogP contribution is -2.34. The first-order chi connectivity index (χ1) is 14.4. The highest BCUT2D eigenvalue weighted by molar-refractivity contribution is 6.00. The van der Waals surface area contributed by atoms with Crippen LogP contribution in [0.3, 0.4) is 0 Å². The van der Waals surface area contributed by atoms with E-state index in [1.165, 1.54) is 19.9 Å². The molecular weight excluding hydrogens is 425 g/mol. The number of nitrogens with one attached hydrogen (secondary N) is 1. The monoisotopic (exact) mass is 444 g/mol. The number of carbonyl (C=O) groups is 2. The standard InChI is InChI=1S/C19H19F3N2O7/c1-9-14(17(26)30-3)16(11-6-4-5-7-12(11)19(20,21)22)15(10(2)23-9)18(27)31-8-13(25)24(28)29/h4-7,13,16,23,25H,8H2,1-3H3. The first kappa shape index (κ1) is 23.9. The number of aliphatic hydroxyl groups excluding tert-OH is 1. The summed E-state index contributed by atoms with van der Waals surface area (Å²) in [5.74, 6) is -3.75. The van der Waals surface area contributed by atoms with Gasteiger partial charge >= 0.3 is 24.3 Å². The summed E-state index contributed by atoms with van der Waals surface area (Å²) in [6.07, 6.45) is -7.03. The highest BCUT2D eigenvalue weighted by Gasteiger charge is 2.43. The number of hydrogen-bond acceptors (Lipinski definition) is 8. The lowest BCUT2D eigenvalue weighted by Gasteiger charge is -2.31. The molecule has 0 aromatic heterocycles. The van der Waals surface area contributed by atoms with Crippen molar-refractivity contribution >= 4 is 11.9 Å². The first-order valence-corrected chi connectivity index (χ1v) is 8.81. The number of allylic oxidation sites excluding steroid dienone is 2.